The molecular weight excluding hydrogens is 312 g/mol. The molecule has 24 heavy (non-hydrogen) atoms. The van der Waals surface area contributed by atoms with E-state index in [2.05, 4.69) is 20.5 Å². The van der Waals surface area contributed by atoms with E-state index < -0.39 is 0 Å². The molecule has 126 valence electrons. The van der Waals surface area contributed by atoms with Crippen molar-refractivity contribution in [3.63, 3.8) is 0 Å². The van der Waals surface area contributed by atoms with Crippen LogP contribution in [0.5, 0.6) is 0 Å². The van der Waals surface area contributed by atoms with Crippen molar-refractivity contribution in [1.29, 1.82) is 0 Å². The zero-order chi connectivity index (χ0) is 16.7. The zero-order valence-electron chi connectivity index (χ0n) is 13.4. The molecule has 2 aromatic rings. The van der Waals surface area contributed by atoms with Crippen LogP contribution in [0.25, 0.3) is 5.78 Å². The van der Waals surface area contributed by atoms with Gasteiger partial charge in [-0.05, 0) is 25.8 Å². The fraction of sp³-hybridized carbons (Fsp3) is 0.533. The van der Waals surface area contributed by atoms with Crippen LogP contribution in [0.3, 0.4) is 0 Å². The molecule has 9 nitrogen and oxygen atoms in total. The third kappa shape index (κ3) is 2.50. The van der Waals surface area contributed by atoms with Crippen LogP contribution in [0.15, 0.2) is 12.3 Å². The second kappa shape index (κ2) is 5.52. The third-order valence-corrected chi connectivity index (χ3v) is 4.69. The topological polar surface area (TPSA) is 102 Å². The molecule has 2 amide bonds. The molecule has 4 rings (SSSR count). The van der Waals surface area contributed by atoms with Gasteiger partial charge in [-0.2, -0.15) is 0 Å². The average molecular weight is 330 g/mol. The van der Waals surface area contributed by atoms with Crippen LogP contribution >= 0.6 is 0 Å². The fourth-order valence-corrected chi connectivity index (χ4v) is 3.18. The molecule has 0 bridgehead atoms. The van der Waals surface area contributed by atoms with Crippen molar-refractivity contribution in [3.8, 4) is 0 Å². The van der Waals surface area contributed by atoms with Gasteiger partial charge in [0.05, 0.1) is 5.60 Å². The number of amides is 2. The lowest BCUT2D eigenvalue weighted by Gasteiger charge is -2.43. The van der Waals surface area contributed by atoms with Gasteiger partial charge in [-0.25, -0.2) is 4.98 Å². The number of carbonyl (C=O) groups excluding carboxylic acids is 2. The molecule has 2 aromatic heterocycles. The van der Waals surface area contributed by atoms with Crippen molar-refractivity contribution >= 4 is 17.6 Å². The normalized spacial score (nSPS) is 20.4. The van der Waals surface area contributed by atoms with Crippen molar-refractivity contribution in [2.45, 2.75) is 25.4 Å². The van der Waals surface area contributed by atoms with E-state index in [0.717, 1.165) is 5.69 Å². The molecule has 2 aliphatic heterocycles. The molecule has 0 atom stereocenters. The SMILES string of the molecule is Cc1ccn2c(C(=O)N3CCC4(CC3)CNC(=O)CO4)nnc2n1. The number of aryl methyl sites for hydroxylation is 1. The summed E-state index contributed by atoms with van der Waals surface area (Å²) < 4.78 is 7.34. The highest BCUT2D eigenvalue weighted by Crippen LogP contribution is 2.28. The number of nitrogens with zero attached hydrogens (tertiary/aromatic N) is 5. The predicted molar refractivity (Wildman–Crippen MR) is 82.3 cm³/mol. The second-order valence-electron chi connectivity index (χ2n) is 6.30. The minimum Gasteiger partial charge on any atom is -0.363 e. The number of ether oxygens (including phenoxy) is 1. The maximum Gasteiger partial charge on any atom is 0.292 e. The Bertz CT molecular complexity index is 797. The Labute approximate surface area is 138 Å². The summed E-state index contributed by atoms with van der Waals surface area (Å²) in [6.45, 7) is 3.58. The first-order valence-corrected chi connectivity index (χ1v) is 7.95. The number of rotatable bonds is 1. The molecular formula is C15H18N6O3. The van der Waals surface area contributed by atoms with Gasteiger partial charge in [0.25, 0.3) is 11.7 Å². The standard InChI is InChI=1S/C15H18N6O3/c1-10-2-5-21-12(18-19-14(21)17-10)13(23)20-6-3-15(4-7-20)9-16-11(22)8-24-15/h2,5H,3-4,6-9H2,1H3,(H,16,22). The van der Waals surface area contributed by atoms with E-state index in [0.29, 0.717) is 38.3 Å². The highest BCUT2D eigenvalue weighted by Gasteiger charge is 2.40. The zero-order valence-corrected chi connectivity index (χ0v) is 13.4. The molecule has 1 N–H and O–H groups in total. The highest BCUT2D eigenvalue weighted by atomic mass is 16.5. The molecule has 2 saturated heterocycles. The number of carbonyl (C=O) groups is 2. The van der Waals surface area contributed by atoms with Crippen LogP contribution in [-0.2, 0) is 9.53 Å². The molecule has 2 fully saturated rings. The molecule has 0 aromatic carbocycles. The molecule has 1 spiro atoms. The molecule has 9 heteroatoms. The third-order valence-electron chi connectivity index (χ3n) is 4.69. The maximum atomic E-state index is 12.7. The molecule has 0 unspecified atom stereocenters. The monoisotopic (exact) mass is 330 g/mol. The van der Waals surface area contributed by atoms with Crippen LogP contribution < -0.4 is 5.32 Å². The number of piperidine rings is 1. The van der Waals surface area contributed by atoms with Gasteiger partial charge in [-0.1, -0.05) is 0 Å². The average Bonchev–Trinajstić information content (AvgIpc) is 3.01. The number of hydrogen-bond acceptors (Lipinski definition) is 6. The van der Waals surface area contributed by atoms with Crippen molar-refractivity contribution in [2.24, 2.45) is 0 Å². The van der Waals surface area contributed by atoms with Gasteiger partial charge in [0.15, 0.2) is 0 Å². The second-order valence-corrected chi connectivity index (χ2v) is 6.30. The summed E-state index contributed by atoms with van der Waals surface area (Å²) in [5.74, 6) is 0.441. The highest BCUT2D eigenvalue weighted by molar-refractivity contribution is 5.91. The van der Waals surface area contributed by atoms with Crippen LogP contribution in [0.2, 0.25) is 0 Å². The minimum atomic E-state index is -0.351. The quantitative estimate of drug-likeness (QED) is 0.760. The number of aromatic nitrogens is 4. The minimum absolute atomic E-state index is 0.0862. The number of nitrogens with one attached hydrogen (secondary N) is 1. The van der Waals surface area contributed by atoms with Gasteiger partial charge in [0.2, 0.25) is 11.7 Å². The largest absolute Gasteiger partial charge is 0.363 e. The molecule has 0 radical (unpaired) electrons. The first kappa shape index (κ1) is 15.0. The predicted octanol–water partition coefficient (Wildman–Crippen LogP) is -0.446. The van der Waals surface area contributed by atoms with E-state index in [1.165, 1.54) is 0 Å². The van der Waals surface area contributed by atoms with Crippen molar-refractivity contribution in [2.75, 3.05) is 26.2 Å². The first-order valence-electron chi connectivity index (χ1n) is 7.95. The van der Waals surface area contributed by atoms with Crippen molar-refractivity contribution in [3.05, 3.63) is 23.8 Å². The Morgan fingerprint density at radius 1 is 1.33 bits per heavy atom. The fourth-order valence-electron chi connectivity index (χ4n) is 3.18. The summed E-state index contributed by atoms with van der Waals surface area (Å²) in [7, 11) is 0. The molecule has 0 saturated carbocycles. The Morgan fingerprint density at radius 2 is 2.12 bits per heavy atom. The first-order chi connectivity index (χ1) is 11.6. The van der Waals surface area contributed by atoms with Gasteiger partial charge in [-0.3, -0.25) is 14.0 Å². The van der Waals surface area contributed by atoms with Gasteiger partial charge < -0.3 is 15.0 Å². The molecule has 2 aliphatic rings. The summed E-state index contributed by atoms with van der Waals surface area (Å²) >= 11 is 0. The number of likely N-dealkylation sites (tertiary alicyclic amines) is 1. The van der Waals surface area contributed by atoms with Gasteiger partial charge in [0, 0.05) is 31.5 Å². The lowest BCUT2D eigenvalue weighted by atomic mass is 9.90. The van der Waals surface area contributed by atoms with Crippen LogP contribution in [0.4, 0.5) is 0 Å². The van der Waals surface area contributed by atoms with Gasteiger partial charge in [-0.15, -0.1) is 10.2 Å². The number of morpholine rings is 1. The van der Waals surface area contributed by atoms with Crippen molar-refractivity contribution in [1.82, 2.24) is 29.8 Å². The number of fused-ring (bicyclic) bond motifs is 1. The van der Waals surface area contributed by atoms with E-state index in [1.807, 2.05) is 13.0 Å². The molecule has 0 aliphatic carbocycles. The lowest BCUT2D eigenvalue weighted by molar-refractivity contribution is -0.149. The van der Waals surface area contributed by atoms with E-state index in [-0.39, 0.29) is 29.8 Å². The lowest BCUT2D eigenvalue weighted by Crippen LogP contribution is -2.58. The number of hydrogen-bond donors (Lipinski definition) is 1. The Morgan fingerprint density at radius 3 is 2.83 bits per heavy atom. The van der Waals surface area contributed by atoms with E-state index >= 15 is 0 Å². The van der Waals surface area contributed by atoms with E-state index in [1.54, 1.807) is 15.5 Å². The Balaban J connectivity index is 1.49. The van der Waals surface area contributed by atoms with Crippen LogP contribution in [0.1, 0.15) is 29.2 Å². The van der Waals surface area contributed by atoms with E-state index in [9.17, 15) is 9.59 Å². The Hall–Kier alpha value is -2.55. The van der Waals surface area contributed by atoms with Crippen molar-refractivity contribution < 1.29 is 14.3 Å². The van der Waals surface area contributed by atoms with Gasteiger partial charge >= 0.3 is 0 Å². The van der Waals surface area contributed by atoms with Crippen LogP contribution in [0, 0.1) is 6.92 Å². The Kier molecular flexibility index (Phi) is 3.45. The molecule has 4 heterocycles. The summed E-state index contributed by atoms with van der Waals surface area (Å²) in [6, 6.07) is 1.82. The van der Waals surface area contributed by atoms with E-state index in [4.69, 9.17) is 4.74 Å². The summed E-state index contributed by atoms with van der Waals surface area (Å²) in [5.41, 5.74) is 0.473. The smallest absolute Gasteiger partial charge is 0.292 e. The summed E-state index contributed by atoms with van der Waals surface area (Å²) in [6.07, 6.45) is 3.14. The van der Waals surface area contributed by atoms with Crippen LogP contribution in [-0.4, -0.2) is 68.1 Å². The summed E-state index contributed by atoms with van der Waals surface area (Å²) in [4.78, 5) is 30.0. The van der Waals surface area contributed by atoms with Gasteiger partial charge in [0.1, 0.15) is 6.61 Å². The summed E-state index contributed by atoms with van der Waals surface area (Å²) in [5, 5.41) is 10.8. The maximum absolute atomic E-state index is 12.7.